The fraction of sp³-hybridized carbons (Fsp3) is 0.571. The average Bonchev–Trinajstić information content (AvgIpc) is 2.40. The number of hydrogen-bond acceptors (Lipinski definition) is 2. The van der Waals surface area contributed by atoms with Gasteiger partial charge in [0.2, 0.25) is 0 Å². The van der Waals surface area contributed by atoms with Crippen LogP contribution in [0, 0.1) is 17.6 Å². The second-order valence-corrected chi connectivity index (χ2v) is 4.85. The van der Waals surface area contributed by atoms with Crippen molar-refractivity contribution >= 4 is 0 Å². The molecule has 0 bridgehead atoms. The molecule has 4 heteroatoms. The van der Waals surface area contributed by atoms with Gasteiger partial charge in [-0.15, -0.1) is 0 Å². The van der Waals surface area contributed by atoms with Gasteiger partial charge in [-0.2, -0.15) is 0 Å². The maximum Gasteiger partial charge on any atom is 0.165 e. The molecule has 1 aliphatic rings. The van der Waals surface area contributed by atoms with Crippen molar-refractivity contribution in [2.75, 3.05) is 6.61 Å². The average molecular weight is 256 g/mol. The van der Waals surface area contributed by atoms with Crippen molar-refractivity contribution in [3.05, 3.63) is 29.8 Å². The summed E-state index contributed by atoms with van der Waals surface area (Å²) in [6.07, 6.45) is 4.81. The lowest BCUT2D eigenvalue weighted by Crippen LogP contribution is -2.29. The van der Waals surface area contributed by atoms with E-state index < -0.39 is 17.7 Å². The Morgan fingerprint density at radius 2 is 1.94 bits per heavy atom. The van der Waals surface area contributed by atoms with Crippen LogP contribution >= 0.6 is 0 Å². The predicted molar refractivity (Wildman–Crippen MR) is 64.4 cm³/mol. The number of hydrogen-bond donors (Lipinski definition) is 1. The van der Waals surface area contributed by atoms with Crippen LogP contribution in [0.1, 0.15) is 32.1 Å². The van der Waals surface area contributed by atoms with E-state index in [4.69, 9.17) is 4.74 Å². The van der Waals surface area contributed by atoms with E-state index in [9.17, 15) is 13.9 Å². The molecule has 0 radical (unpaired) electrons. The van der Waals surface area contributed by atoms with Gasteiger partial charge in [0.15, 0.2) is 11.6 Å². The Labute approximate surface area is 106 Å². The van der Waals surface area contributed by atoms with Crippen LogP contribution in [0.2, 0.25) is 0 Å². The standard InChI is InChI=1S/C14H18F2O2/c15-11-6-7-12(16)14(8-11)18-9-13(17)10-4-2-1-3-5-10/h6-8,10,13,17H,1-5,9H2. The Kier molecular flexibility index (Phi) is 4.53. The predicted octanol–water partition coefficient (Wildman–Crippen LogP) is 3.28. The molecule has 100 valence electrons. The Hall–Kier alpha value is -1.16. The van der Waals surface area contributed by atoms with Crippen molar-refractivity contribution in [3.63, 3.8) is 0 Å². The van der Waals surface area contributed by atoms with Crippen molar-refractivity contribution < 1.29 is 18.6 Å². The molecular weight excluding hydrogens is 238 g/mol. The van der Waals surface area contributed by atoms with Gasteiger partial charge in [0.05, 0.1) is 6.10 Å². The van der Waals surface area contributed by atoms with Crippen molar-refractivity contribution in [1.82, 2.24) is 0 Å². The number of rotatable bonds is 4. The maximum atomic E-state index is 13.3. The van der Waals surface area contributed by atoms with Gasteiger partial charge >= 0.3 is 0 Å². The summed E-state index contributed by atoms with van der Waals surface area (Å²) in [7, 11) is 0. The monoisotopic (exact) mass is 256 g/mol. The first kappa shape index (κ1) is 13.3. The van der Waals surface area contributed by atoms with Crippen LogP contribution in [0.5, 0.6) is 5.75 Å². The Morgan fingerprint density at radius 1 is 1.22 bits per heavy atom. The van der Waals surface area contributed by atoms with E-state index in [-0.39, 0.29) is 18.3 Å². The number of aliphatic hydroxyl groups excluding tert-OH is 1. The van der Waals surface area contributed by atoms with Gasteiger partial charge < -0.3 is 9.84 Å². The van der Waals surface area contributed by atoms with Gasteiger partial charge in [-0.3, -0.25) is 0 Å². The van der Waals surface area contributed by atoms with Crippen LogP contribution in [0.25, 0.3) is 0 Å². The van der Waals surface area contributed by atoms with Gasteiger partial charge in [-0.25, -0.2) is 8.78 Å². The summed E-state index contributed by atoms with van der Waals surface area (Å²) in [5.41, 5.74) is 0. The first-order valence-electron chi connectivity index (χ1n) is 6.43. The molecular formula is C14H18F2O2. The Morgan fingerprint density at radius 3 is 2.67 bits per heavy atom. The third-order valence-electron chi connectivity index (χ3n) is 3.50. The number of ether oxygens (including phenoxy) is 1. The van der Waals surface area contributed by atoms with Gasteiger partial charge in [0, 0.05) is 6.07 Å². The highest BCUT2D eigenvalue weighted by molar-refractivity contribution is 5.24. The van der Waals surface area contributed by atoms with E-state index in [1.807, 2.05) is 0 Å². The fourth-order valence-electron chi connectivity index (χ4n) is 2.42. The highest BCUT2D eigenvalue weighted by Gasteiger charge is 2.22. The third-order valence-corrected chi connectivity index (χ3v) is 3.50. The van der Waals surface area contributed by atoms with Crippen molar-refractivity contribution in [3.8, 4) is 5.75 Å². The summed E-state index contributed by atoms with van der Waals surface area (Å²) in [5, 5.41) is 9.95. The van der Waals surface area contributed by atoms with E-state index in [2.05, 4.69) is 0 Å². The minimum Gasteiger partial charge on any atom is -0.488 e. The molecule has 1 atom stereocenters. The molecule has 1 aliphatic carbocycles. The van der Waals surface area contributed by atoms with Crippen LogP contribution < -0.4 is 4.74 Å². The number of benzene rings is 1. The second-order valence-electron chi connectivity index (χ2n) is 4.85. The normalized spacial score (nSPS) is 18.6. The third kappa shape index (κ3) is 3.42. The Balaban J connectivity index is 1.88. The molecule has 1 N–H and O–H groups in total. The van der Waals surface area contributed by atoms with E-state index in [1.54, 1.807) is 0 Å². The molecule has 1 unspecified atom stereocenters. The highest BCUT2D eigenvalue weighted by Crippen LogP contribution is 2.27. The van der Waals surface area contributed by atoms with Crippen molar-refractivity contribution in [2.45, 2.75) is 38.2 Å². The lowest BCUT2D eigenvalue weighted by molar-refractivity contribution is 0.0400. The number of aliphatic hydroxyl groups is 1. The smallest absolute Gasteiger partial charge is 0.165 e. The zero-order valence-electron chi connectivity index (χ0n) is 10.2. The van der Waals surface area contributed by atoms with E-state index in [0.717, 1.165) is 43.9 Å². The summed E-state index contributed by atoms with van der Waals surface area (Å²) in [5.74, 6) is -1.06. The summed E-state index contributed by atoms with van der Waals surface area (Å²) in [6.45, 7) is 0.0189. The quantitative estimate of drug-likeness (QED) is 0.895. The van der Waals surface area contributed by atoms with Gasteiger partial charge in [0.25, 0.3) is 0 Å². The SMILES string of the molecule is OC(COc1cc(F)ccc1F)C1CCCCC1. The van der Waals surface area contributed by atoms with E-state index >= 15 is 0 Å². The molecule has 0 aromatic heterocycles. The number of halogens is 2. The molecule has 1 fully saturated rings. The first-order valence-corrected chi connectivity index (χ1v) is 6.43. The Bertz CT molecular complexity index is 389. The molecule has 1 aromatic rings. The summed E-state index contributed by atoms with van der Waals surface area (Å²) in [4.78, 5) is 0. The zero-order valence-corrected chi connectivity index (χ0v) is 10.2. The van der Waals surface area contributed by atoms with E-state index in [1.165, 1.54) is 6.42 Å². The zero-order chi connectivity index (χ0) is 13.0. The summed E-state index contributed by atoms with van der Waals surface area (Å²) in [6, 6.07) is 3.07. The molecule has 0 aliphatic heterocycles. The summed E-state index contributed by atoms with van der Waals surface area (Å²) < 4.78 is 31.4. The molecule has 2 nitrogen and oxygen atoms in total. The molecule has 1 aromatic carbocycles. The molecule has 1 saturated carbocycles. The molecule has 0 spiro atoms. The summed E-state index contributed by atoms with van der Waals surface area (Å²) >= 11 is 0. The van der Waals surface area contributed by atoms with Gasteiger partial charge in [-0.1, -0.05) is 19.3 Å². The van der Waals surface area contributed by atoms with Gasteiger partial charge in [-0.05, 0) is 30.9 Å². The molecule has 0 heterocycles. The highest BCUT2D eigenvalue weighted by atomic mass is 19.1. The lowest BCUT2D eigenvalue weighted by atomic mass is 9.85. The second kappa shape index (κ2) is 6.14. The molecule has 0 amide bonds. The maximum absolute atomic E-state index is 13.3. The molecule has 18 heavy (non-hydrogen) atoms. The largest absolute Gasteiger partial charge is 0.488 e. The van der Waals surface area contributed by atoms with Crippen molar-refractivity contribution in [1.29, 1.82) is 0 Å². The fourth-order valence-corrected chi connectivity index (χ4v) is 2.42. The van der Waals surface area contributed by atoms with E-state index in [0.29, 0.717) is 0 Å². The lowest BCUT2D eigenvalue weighted by Gasteiger charge is -2.26. The van der Waals surface area contributed by atoms with Crippen LogP contribution in [0.4, 0.5) is 8.78 Å². The minimum absolute atomic E-state index is 0.0189. The molecule has 0 saturated heterocycles. The minimum atomic E-state index is -0.604. The van der Waals surface area contributed by atoms with Crippen LogP contribution in [-0.2, 0) is 0 Å². The van der Waals surface area contributed by atoms with Crippen LogP contribution in [-0.4, -0.2) is 17.8 Å². The van der Waals surface area contributed by atoms with Crippen LogP contribution in [0.3, 0.4) is 0 Å². The molecule has 2 rings (SSSR count). The van der Waals surface area contributed by atoms with Crippen LogP contribution in [0.15, 0.2) is 18.2 Å². The topological polar surface area (TPSA) is 29.5 Å². The van der Waals surface area contributed by atoms with Gasteiger partial charge in [0.1, 0.15) is 12.4 Å². The van der Waals surface area contributed by atoms with Crippen molar-refractivity contribution in [2.24, 2.45) is 5.92 Å². The first-order chi connectivity index (χ1) is 8.66.